The van der Waals surface area contributed by atoms with Gasteiger partial charge in [0.25, 0.3) is 0 Å². The number of sulfone groups is 1. The maximum Gasteiger partial charge on any atom is 0.191 e. The van der Waals surface area contributed by atoms with E-state index in [0.29, 0.717) is 30.6 Å². The van der Waals surface area contributed by atoms with Crippen molar-refractivity contribution in [2.45, 2.75) is 42.8 Å². The van der Waals surface area contributed by atoms with E-state index in [-0.39, 0.29) is 22.9 Å². The Morgan fingerprint density at radius 3 is 2.58 bits per heavy atom. The molecule has 3 heterocycles. The molecule has 2 atom stereocenters. The molecule has 6 rings (SSSR count). The number of Topliss-reactive ketones (excluding diaryl/α,β-unsaturated/α-hetero) is 1. The number of fused-ring (bicyclic) bond motifs is 2. The number of halogens is 1. The van der Waals surface area contributed by atoms with Gasteiger partial charge in [0.1, 0.15) is 11.5 Å². The first-order valence-corrected chi connectivity index (χ1v) is 14.1. The van der Waals surface area contributed by atoms with Crippen molar-refractivity contribution in [2.75, 3.05) is 0 Å². The first-order chi connectivity index (χ1) is 18.2. The SMILES string of the molecule is Cc1ccc(C(=O)[C@]23Cc4cnn(-c5ccc(F)cc5)c4C=C2CC[C@H](S(=O)(=O)c2ccn(C)c2)C3)nc1. The van der Waals surface area contributed by atoms with Crippen LogP contribution >= 0.6 is 0 Å². The van der Waals surface area contributed by atoms with E-state index in [9.17, 15) is 17.6 Å². The van der Waals surface area contributed by atoms with E-state index >= 15 is 0 Å². The fourth-order valence-corrected chi connectivity index (χ4v) is 7.68. The Morgan fingerprint density at radius 1 is 1.11 bits per heavy atom. The predicted molar refractivity (Wildman–Crippen MR) is 141 cm³/mol. The number of carbonyl (C=O) groups excluding carboxylic acids is 1. The number of hydrogen-bond acceptors (Lipinski definition) is 5. The van der Waals surface area contributed by atoms with E-state index in [4.69, 9.17) is 0 Å². The third-order valence-corrected chi connectivity index (χ3v) is 10.0. The molecule has 0 radical (unpaired) electrons. The number of aryl methyl sites for hydroxylation is 2. The van der Waals surface area contributed by atoms with Crippen LogP contribution in [0.1, 0.15) is 46.6 Å². The van der Waals surface area contributed by atoms with Crippen molar-refractivity contribution in [3.8, 4) is 5.69 Å². The second kappa shape index (κ2) is 8.87. The summed E-state index contributed by atoms with van der Waals surface area (Å²) in [5.41, 5.74) is 3.50. The molecule has 1 aromatic carbocycles. The Bertz CT molecular complexity index is 1680. The minimum atomic E-state index is -3.65. The third kappa shape index (κ3) is 3.93. The number of nitrogens with zero attached hydrogens (tertiary/aromatic N) is 4. The molecule has 38 heavy (non-hydrogen) atoms. The highest BCUT2D eigenvalue weighted by atomic mass is 32.2. The van der Waals surface area contributed by atoms with Crippen LogP contribution < -0.4 is 0 Å². The smallest absolute Gasteiger partial charge is 0.191 e. The Balaban J connectivity index is 1.45. The van der Waals surface area contributed by atoms with Gasteiger partial charge in [-0.3, -0.25) is 9.78 Å². The molecule has 0 saturated heterocycles. The fourth-order valence-electron chi connectivity index (χ4n) is 5.80. The topological polar surface area (TPSA) is 86.9 Å². The van der Waals surface area contributed by atoms with Gasteiger partial charge in [0.2, 0.25) is 0 Å². The Morgan fingerprint density at radius 2 is 1.89 bits per heavy atom. The number of hydrogen-bond donors (Lipinski definition) is 0. The molecule has 0 unspecified atom stereocenters. The minimum absolute atomic E-state index is 0.170. The second-order valence-electron chi connectivity index (χ2n) is 10.3. The molecule has 9 heteroatoms. The first kappa shape index (κ1) is 24.5. The summed E-state index contributed by atoms with van der Waals surface area (Å²) >= 11 is 0. The summed E-state index contributed by atoms with van der Waals surface area (Å²) in [5.74, 6) is -0.502. The number of rotatable bonds is 5. The zero-order valence-electron chi connectivity index (χ0n) is 21.1. The molecule has 0 bridgehead atoms. The maximum absolute atomic E-state index is 14.2. The third-order valence-electron chi connectivity index (χ3n) is 7.84. The molecule has 2 aliphatic rings. The lowest BCUT2D eigenvalue weighted by molar-refractivity contribution is 0.0796. The average Bonchev–Trinajstić information content (AvgIpc) is 3.53. The summed E-state index contributed by atoms with van der Waals surface area (Å²) in [6.07, 6.45) is 10.1. The van der Waals surface area contributed by atoms with Crippen LogP contribution in [0.15, 0.2) is 77.7 Å². The molecule has 194 valence electrons. The molecule has 4 aromatic rings. The van der Waals surface area contributed by atoms with Crippen molar-refractivity contribution >= 4 is 21.7 Å². The van der Waals surface area contributed by atoms with Crippen molar-refractivity contribution in [1.82, 2.24) is 19.3 Å². The largest absolute Gasteiger partial charge is 0.356 e. The zero-order chi connectivity index (χ0) is 26.7. The summed E-state index contributed by atoms with van der Waals surface area (Å²) < 4.78 is 44.3. The second-order valence-corrected chi connectivity index (χ2v) is 12.6. The molecule has 0 spiro atoms. The number of aromatic nitrogens is 4. The molecule has 1 fully saturated rings. The van der Waals surface area contributed by atoms with Gasteiger partial charge < -0.3 is 4.57 Å². The summed E-state index contributed by atoms with van der Waals surface area (Å²) in [6.45, 7) is 1.91. The van der Waals surface area contributed by atoms with E-state index < -0.39 is 20.5 Å². The predicted octanol–water partition coefficient (Wildman–Crippen LogP) is 4.89. The van der Waals surface area contributed by atoms with Crippen molar-refractivity contribution in [2.24, 2.45) is 12.5 Å². The first-order valence-electron chi connectivity index (χ1n) is 12.5. The van der Waals surface area contributed by atoms with Crippen LogP contribution in [0.3, 0.4) is 0 Å². The van der Waals surface area contributed by atoms with E-state index in [0.717, 1.165) is 22.4 Å². The molecule has 7 nitrogen and oxygen atoms in total. The molecule has 0 aliphatic heterocycles. The molecule has 0 amide bonds. The van der Waals surface area contributed by atoms with Crippen LogP contribution in [0.4, 0.5) is 4.39 Å². The van der Waals surface area contributed by atoms with Crippen molar-refractivity contribution < 1.29 is 17.6 Å². The van der Waals surface area contributed by atoms with E-state index in [1.807, 2.05) is 19.1 Å². The summed E-state index contributed by atoms with van der Waals surface area (Å²) in [5, 5.41) is 3.85. The number of benzene rings is 1. The van der Waals surface area contributed by atoms with Gasteiger partial charge in [-0.25, -0.2) is 17.5 Å². The Labute approximate surface area is 220 Å². The number of ketones is 1. The fraction of sp³-hybridized carbons (Fsp3) is 0.276. The highest BCUT2D eigenvalue weighted by molar-refractivity contribution is 7.92. The Kier molecular flexibility index (Phi) is 5.72. The summed E-state index contributed by atoms with van der Waals surface area (Å²) in [4.78, 5) is 18.9. The number of allylic oxidation sites excluding steroid dienone is 1. The van der Waals surface area contributed by atoms with Gasteiger partial charge >= 0.3 is 0 Å². The normalized spacial score (nSPS) is 20.9. The lowest BCUT2D eigenvalue weighted by Crippen LogP contribution is -2.45. The summed E-state index contributed by atoms with van der Waals surface area (Å²) in [6, 6.07) is 11.3. The van der Waals surface area contributed by atoms with Crippen molar-refractivity contribution in [3.05, 3.63) is 101 Å². The highest BCUT2D eigenvalue weighted by Crippen LogP contribution is 2.51. The minimum Gasteiger partial charge on any atom is -0.356 e. The Hall–Kier alpha value is -3.85. The molecule has 2 aliphatic carbocycles. The van der Waals surface area contributed by atoms with E-state index in [2.05, 4.69) is 10.1 Å². The van der Waals surface area contributed by atoms with Crippen LogP contribution in [0.25, 0.3) is 11.8 Å². The molecular formula is C29H27FN4O3S. The van der Waals surface area contributed by atoms with E-state index in [1.54, 1.807) is 65.3 Å². The van der Waals surface area contributed by atoms with Crippen LogP contribution in [-0.2, 0) is 23.3 Å². The monoisotopic (exact) mass is 530 g/mol. The van der Waals surface area contributed by atoms with Gasteiger partial charge in [0.05, 0.1) is 33.1 Å². The summed E-state index contributed by atoms with van der Waals surface area (Å²) in [7, 11) is -1.86. The quantitative estimate of drug-likeness (QED) is 0.343. The number of carbonyl (C=O) groups is 1. The van der Waals surface area contributed by atoms with Crippen LogP contribution in [0, 0.1) is 18.2 Å². The lowest BCUT2D eigenvalue weighted by Gasteiger charge is -2.43. The molecule has 0 N–H and O–H groups in total. The van der Waals surface area contributed by atoms with Gasteiger partial charge in [-0.05, 0) is 86.2 Å². The van der Waals surface area contributed by atoms with Crippen molar-refractivity contribution in [1.29, 1.82) is 0 Å². The van der Waals surface area contributed by atoms with Crippen LogP contribution in [-0.4, -0.2) is 38.8 Å². The average molecular weight is 531 g/mol. The number of pyridine rings is 1. The maximum atomic E-state index is 14.2. The van der Waals surface area contributed by atoms with E-state index in [1.165, 1.54) is 12.1 Å². The standard InChI is InChI=1S/C29H27FN4O3S/c1-19-3-10-26(31-16-19)28(35)29-14-20-17-32-34(23-7-5-22(30)6-8-23)27(20)13-21(29)4-9-24(15-29)38(36,37)25-11-12-33(2)18-25/h3,5-8,10-13,16-18,24H,4,9,14-15H2,1-2H3/t24-,29-/m0/s1. The van der Waals surface area contributed by atoms with Crippen LogP contribution in [0.2, 0.25) is 0 Å². The van der Waals surface area contributed by atoms with Gasteiger partial charge in [0.15, 0.2) is 15.6 Å². The zero-order valence-corrected chi connectivity index (χ0v) is 22.0. The van der Waals surface area contributed by atoms with Gasteiger partial charge in [-0.1, -0.05) is 11.6 Å². The van der Waals surface area contributed by atoms with Crippen LogP contribution in [0.5, 0.6) is 0 Å². The van der Waals surface area contributed by atoms with Crippen molar-refractivity contribution in [3.63, 3.8) is 0 Å². The lowest BCUT2D eigenvalue weighted by atomic mass is 9.61. The highest BCUT2D eigenvalue weighted by Gasteiger charge is 2.52. The molecule has 1 saturated carbocycles. The van der Waals surface area contributed by atoms with Gasteiger partial charge in [-0.15, -0.1) is 0 Å². The van der Waals surface area contributed by atoms with Gasteiger partial charge in [0, 0.05) is 25.6 Å². The molecule has 3 aromatic heterocycles. The van der Waals surface area contributed by atoms with Gasteiger partial charge in [-0.2, -0.15) is 5.10 Å². The molecular weight excluding hydrogens is 503 g/mol.